The zero-order chi connectivity index (χ0) is 17.6. The second-order valence-electron chi connectivity index (χ2n) is 5.90. The number of nitrogens with one attached hydrogen (secondary N) is 1. The Morgan fingerprint density at radius 3 is 2.24 bits per heavy atom. The minimum Gasteiger partial charge on any atom is -0.363 e. The molecule has 0 aliphatic heterocycles. The van der Waals surface area contributed by atoms with Gasteiger partial charge in [-0.25, -0.2) is 4.98 Å². The van der Waals surface area contributed by atoms with E-state index in [0.717, 1.165) is 16.9 Å². The molecule has 126 valence electrons. The zero-order valence-corrected chi connectivity index (χ0v) is 14.3. The summed E-state index contributed by atoms with van der Waals surface area (Å²) in [6.45, 7) is 0. The summed E-state index contributed by atoms with van der Waals surface area (Å²) in [7, 11) is 3.83. The highest BCUT2D eigenvalue weighted by Crippen LogP contribution is 2.22. The predicted molar refractivity (Wildman–Crippen MR) is 98.6 cm³/mol. The number of amides is 1. The molecule has 5 heteroatoms. The minimum atomic E-state index is -0.245. The maximum Gasteiger partial charge on any atom is 0.253 e. The van der Waals surface area contributed by atoms with E-state index < -0.39 is 0 Å². The van der Waals surface area contributed by atoms with Crippen LogP contribution in [0.15, 0.2) is 73.2 Å². The van der Waals surface area contributed by atoms with E-state index in [-0.39, 0.29) is 11.9 Å². The lowest BCUT2D eigenvalue weighted by Gasteiger charge is -2.20. The molecule has 5 nitrogen and oxygen atoms in total. The van der Waals surface area contributed by atoms with Crippen LogP contribution in [0.4, 0.5) is 5.82 Å². The molecule has 0 saturated heterocycles. The van der Waals surface area contributed by atoms with Crippen molar-refractivity contribution in [1.82, 2.24) is 15.3 Å². The average Bonchev–Trinajstić information content (AvgIpc) is 2.67. The van der Waals surface area contributed by atoms with Crippen molar-refractivity contribution in [3.63, 3.8) is 0 Å². The molecule has 25 heavy (non-hydrogen) atoms. The Morgan fingerprint density at radius 2 is 1.64 bits per heavy atom. The average molecular weight is 332 g/mol. The molecule has 0 aliphatic carbocycles. The maximum absolute atomic E-state index is 12.7. The summed E-state index contributed by atoms with van der Waals surface area (Å²) in [5, 5.41) is 3.09. The van der Waals surface area contributed by atoms with Crippen LogP contribution in [0.25, 0.3) is 0 Å². The van der Waals surface area contributed by atoms with E-state index in [4.69, 9.17) is 0 Å². The van der Waals surface area contributed by atoms with Gasteiger partial charge in [0.2, 0.25) is 0 Å². The molecular formula is C20H20N4O. The second-order valence-corrected chi connectivity index (χ2v) is 5.90. The molecule has 3 aromatic rings. The maximum atomic E-state index is 12.7. The molecule has 2 heterocycles. The van der Waals surface area contributed by atoms with Gasteiger partial charge in [0, 0.05) is 32.7 Å². The van der Waals surface area contributed by atoms with E-state index in [1.807, 2.05) is 67.5 Å². The molecule has 1 atom stereocenters. The molecule has 0 bridgehead atoms. The summed E-state index contributed by atoms with van der Waals surface area (Å²) in [6, 6.07) is 17.1. The number of aromatic nitrogens is 2. The first kappa shape index (κ1) is 16.6. The highest BCUT2D eigenvalue weighted by molar-refractivity contribution is 5.94. The summed E-state index contributed by atoms with van der Waals surface area (Å²) in [5.74, 6) is 0.647. The lowest BCUT2D eigenvalue weighted by Crippen LogP contribution is -2.29. The van der Waals surface area contributed by atoms with Crippen LogP contribution in [0, 0.1) is 0 Å². The van der Waals surface area contributed by atoms with Gasteiger partial charge in [0.1, 0.15) is 5.82 Å². The summed E-state index contributed by atoms with van der Waals surface area (Å²) in [6.07, 6.45) is 5.05. The Kier molecular flexibility index (Phi) is 5.04. The van der Waals surface area contributed by atoms with E-state index >= 15 is 0 Å². The van der Waals surface area contributed by atoms with Crippen molar-refractivity contribution < 1.29 is 4.79 Å². The van der Waals surface area contributed by atoms with Crippen LogP contribution in [-0.2, 0) is 0 Å². The standard InChI is InChI=1S/C20H20N4O/c1-24(2)18-9-8-17(14-22-18)20(25)23-19(15-6-4-3-5-7-15)16-10-12-21-13-11-16/h3-14,19H,1-2H3,(H,23,25). The third kappa shape index (κ3) is 4.01. The Hall–Kier alpha value is -3.21. The monoisotopic (exact) mass is 332 g/mol. The number of pyridine rings is 2. The number of carbonyl (C=O) groups is 1. The molecule has 1 amide bonds. The quantitative estimate of drug-likeness (QED) is 0.780. The van der Waals surface area contributed by atoms with E-state index in [9.17, 15) is 4.79 Å². The summed E-state index contributed by atoms with van der Waals surface area (Å²) in [4.78, 5) is 23.0. The van der Waals surface area contributed by atoms with E-state index in [1.165, 1.54) is 0 Å². The van der Waals surface area contributed by atoms with Crippen molar-refractivity contribution in [2.75, 3.05) is 19.0 Å². The molecule has 1 N–H and O–H groups in total. The van der Waals surface area contributed by atoms with Crippen molar-refractivity contribution in [3.8, 4) is 0 Å². The summed E-state index contributed by atoms with van der Waals surface area (Å²) < 4.78 is 0. The molecule has 3 rings (SSSR count). The number of nitrogens with zero attached hydrogens (tertiary/aromatic N) is 3. The largest absolute Gasteiger partial charge is 0.363 e. The molecular weight excluding hydrogens is 312 g/mol. The van der Waals surface area contributed by atoms with Gasteiger partial charge in [-0.3, -0.25) is 9.78 Å². The zero-order valence-electron chi connectivity index (χ0n) is 14.3. The first-order valence-corrected chi connectivity index (χ1v) is 8.04. The highest BCUT2D eigenvalue weighted by Gasteiger charge is 2.18. The van der Waals surface area contributed by atoms with Crippen molar-refractivity contribution in [2.24, 2.45) is 0 Å². The van der Waals surface area contributed by atoms with Gasteiger partial charge in [0.15, 0.2) is 0 Å². The van der Waals surface area contributed by atoms with Crippen LogP contribution in [-0.4, -0.2) is 30.0 Å². The van der Waals surface area contributed by atoms with Crippen LogP contribution in [0.1, 0.15) is 27.5 Å². The van der Waals surface area contributed by atoms with Gasteiger partial charge in [-0.05, 0) is 35.4 Å². The van der Waals surface area contributed by atoms with Crippen LogP contribution >= 0.6 is 0 Å². The normalized spacial score (nSPS) is 11.6. The fourth-order valence-corrected chi connectivity index (χ4v) is 2.56. The number of anilines is 1. The van der Waals surface area contributed by atoms with Gasteiger partial charge < -0.3 is 10.2 Å². The van der Waals surface area contributed by atoms with Crippen LogP contribution in [0.2, 0.25) is 0 Å². The lowest BCUT2D eigenvalue weighted by atomic mass is 9.99. The van der Waals surface area contributed by atoms with Gasteiger partial charge in [-0.1, -0.05) is 30.3 Å². The first-order chi connectivity index (χ1) is 12.1. The molecule has 2 aromatic heterocycles. The molecule has 0 radical (unpaired) electrons. The SMILES string of the molecule is CN(C)c1ccc(C(=O)NC(c2ccccc2)c2ccncc2)cn1. The first-order valence-electron chi connectivity index (χ1n) is 8.04. The van der Waals surface area contributed by atoms with E-state index in [1.54, 1.807) is 24.7 Å². The van der Waals surface area contributed by atoms with Gasteiger partial charge in [-0.15, -0.1) is 0 Å². The number of rotatable bonds is 5. The predicted octanol–water partition coefficient (Wildman–Crippen LogP) is 3.06. The van der Waals surface area contributed by atoms with Crippen LogP contribution in [0.3, 0.4) is 0 Å². The molecule has 1 aromatic carbocycles. The third-order valence-corrected chi connectivity index (χ3v) is 3.92. The number of benzene rings is 1. The van der Waals surface area contributed by atoms with E-state index in [2.05, 4.69) is 15.3 Å². The topological polar surface area (TPSA) is 58.1 Å². The van der Waals surface area contributed by atoms with Gasteiger partial charge in [-0.2, -0.15) is 0 Å². The smallest absolute Gasteiger partial charge is 0.253 e. The third-order valence-electron chi connectivity index (χ3n) is 3.92. The lowest BCUT2D eigenvalue weighted by molar-refractivity contribution is 0.0942. The molecule has 0 spiro atoms. The van der Waals surface area contributed by atoms with Gasteiger partial charge >= 0.3 is 0 Å². The van der Waals surface area contributed by atoms with Crippen molar-refractivity contribution >= 4 is 11.7 Å². The summed E-state index contributed by atoms with van der Waals surface area (Å²) >= 11 is 0. The molecule has 0 aliphatic rings. The Morgan fingerprint density at radius 1 is 0.960 bits per heavy atom. The number of carbonyl (C=O) groups excluding carboxylic acids is 1. The summed E-state index contributed by atoms with van der Waals surface area (Å²) in [5.41, 5.74) is 2.52. The minimum absolute atomic E-state index is 0.163. The number of hydrogen-bond acceptors (Lipinski definition) is 4. The molecule has 0 fully saturated rings. The fourth-order valence-electron chi connectivity index (χ4n) is 2.56. The van der Waals surface area contributed by atoms with Crippen LogP contribution in [0.5, 0.6) is 0 Å². The second kappa shape index (κ2) is 7.57. The van der Waals surface area contributed by atoms with Gasteiger partial charge in [0.25, 0.3) is 5.91 Å². The van der Waals surface area contributed by atoms with Gasteiger partial charge in [0.05, 0.1) is 11.6 Å². The Bertz CT molecular complexity index is 778. The Balaban J connectivity index is 1.86. The van der Waals surface area contributed by atoms with Crippen molar-refractivity contribution in [2.45, 2.75) is 6.04 Å². The highest BCUT2D eigenvalue weighted by atomic mass is 16.1. The number of hydrogen-bond donors (Lipinski definition) is 1. The fraction of sp³-hybridized carbons (Fsp3) is 0.150. The van der Waals surface area contributed by atoms with Crippen molar-refractivity contribution in [3.05, 3.63) is 89.9 Å². The van der Waals surface area contributed by atoms with Crippen molar-refractivity contribution in [1.29, 1.82) is 0 Å². The Labute approximate surface area is 147 Å². The molecule has 1 unspecified atom stereocenters. The van der Waals surface area contributed by atoms with Crippen LogP contribution < -0.4 is 10.2 Å². The van der Waals surface area contributed by atoms with E-state index in [0.29, 0.717) is 5.56 Å². The molecule has 0 saturated carbocycles.